The quantitative estimate of drug-likeness (QED) is 0.464. The molecule has 33 heavy (non-hydrogen) atoms. The summed E-state index contributed by atoms with van der Waals surface area (Å²) < 4.78 is 38.1. The van der Waals surface area contributed by atoms with Crippen molar-refractivity contribution in [1.82, 2.24) is 4.31 Å². The SMILES string of the molecule is CCOC(=O)c1ccccc1NC(=O)C=Cc1ccc(OC)c(S(=O)(=O)N2CCCCC2)c1. The fraction of sp³-hybridized carbons (Fsp3) is 0.333. The predicted octanol–water partition coefficient (Wildman–Crippen LogP) is 3.70. The standard InChI is InChI=1S/C24H28N2O6S/c1-3-32-24(28)19-9-5-6-10-20(19)25-23(27)14-12-18-11-13-21(31-2)22(17-18)33(29,30)26-15-7-4-8-16-26/h5-6,9-14,17H,3-4,7-8,15-16H2,1-2H3,(H,25,27). The summed E-state index contributed by atoms with van der Waals surface area (Å²) in [7, 11) is -2.29. The van der Waals surface area contributed by atoms with Gasteiger partial charge >= 0.3 is 5.97 Å². The van der Waals surface area contributed by atoms with Gasteiger partial charge in [-0.3, -0.25) is 4.79 Å². The number of hydrogen-bond acceptors (Lipinski definition) is 6. The number of nitrogens with zero attached hydrogens (tertiary/aromatic N) is 1. The van der Waals surface area contributed by atoms with Crippen LogP contribution in [0.25, 0.3) is 6.08 Å². The van der Waals surface area contributed by atoms with Crippen LogP contribution in [0.15, 0.2) is 53.4 Å². The van der Waals surface area contributed by atoms with Crippen molar-refractivity contribution >= 4 is 33.7 Å². The van der Waals surface area contributed by atoms with E-state index in [0.29, 0.717) is 24.3 Å². The van der Waals surface area contributed by atoms with E-state index in [4.69, 9.17) is 9.47 Å². The number of ether oxygens (including phenoxy) is 2. The van der Waals surface area contributed by atoms with Crippen molar-refractivity contribution in [2.24, 2.45) is 0 Å². The van der Waals surface area contributed by atoms with Crippen LogP contribution in [0.2, 0.25) is 0 Å². The van der Waals surface area contributed by atoms with Gasteiger partial charge in [-0.05, 0) is 55.7 Å². The summed E-state index contributed by atoms with van der Waals surface area (Å²) in [6, 6.07) is 11.3. The molecule has 8 nitrogen and oxygen atoms in total. The van der Waals surface area contributed by atoms with E-state index >= 15 is 0 Å². The zero-order chi connectivity index (χ0) is 23.8. The van der Waals surface area contributed by atoms with Crippen molar-refractivity contribution in [3.8, 4) is 5.75 Å². The monoisotopic (exact) mass is 472 g/mol. The van der Waals surface area contributed by atoms with E-state index in [-0.39, 0.29) is 22.8 Å². The van der Waals surface area contributed by atoms with Crippen LogP contribution in [0.4, 0.5) is 5.69 Å². The second-order valence-corrected chi connectivity index (χ2v) is 9.37. The first-order valence-corrected chi connectivity index (χ1v) is 12.2. The van der Waals surface area contributed by atoms with Crippen LogP contribution in [0, 0.1) is 0 Å². The average Bonchev–Trinajstić information content (AvgIpc) is 2.83. The molecular weight excluding hydrogens is 444 g/mol. The van der Waals surface area contributed by atoms with Gasteiger partial charge in [0, 0.05) is 19.2 Å². The number of piperidine rings is 1. The first-order valence-electron chi connectivity index (χ1n) is 10.8. The van der Waals surface area contributed by atoms with Crippen molar-refractivity contribution in [3.63, 3.8) is 0 Å². The van der Waals surface area contributed by atoms with Gasteiger partial charge in [0.15, 0.2) is 0 Å². The molecule has 1 amide bonds. The third-order valence-corrected chi connectivity index (χ3v) is 7.15. The van der Waals surface area contributed by atoms with E-state index in [0.717, 1.165) is 19.3 Å². The van der Waals surface area contributed by atoms with Crippen LogP contribution in [0.5, 0.6) is 5.75 Å². The average molecular weight is 473 g/mol. The Bertz CT molecular complexity index is 1140. The molecular formula is C24H28N2O6S. The normalized spacial score (nSPS) is 14.7. The highest BCUT2D eigenvalue weighted by Crippen LogP contribution is 2.30. The lowest BCUT2D eigenvalue weighted by atomic mass is 10.1. The second-order valence-electron chi connectivity index (χ2n) is 7.46. The summed E-state index contributed by atoms with van der Waals surface area (Å²) in [5, 5.41) is 2.66. The molecule has 1 fully saturated rings. The number of hydrogen-bond donors (Lipinski definition) is 1. The van der Waals surface area contributed by atoms with Gasteiger partial charge in [-0.2, -0.15) is 4.31 Å². The molecule has 1 N–H and O–H groups in total. The summed E-state index contributed by atoms with van der Waals surface area (Å²) in [6.45, 7) is 2.89. The number of amides is 1. The van der Waals surface area contributed by atoms with Crippen LogP contribution < -0.4 is 10.1 Å². The van der Waals surface area contributed by atoms with Crippen molar-refractivity contribution in [1.29, 1.82) is 0 Å². The van der Waals surface area contributed by atoms with Gasteiger partial charge in [0.1, 0.15) is 10.6 Å². The largest absolute Gasteiger partial charge is 0.495 e. The molecule has 9 heteroatoms. The molecule has 0 aromatic heterocycles. The van der Waals surface area contributed by atoms with Gasteiger partial charge in [0.05, 0.1) is 25.0 Å². The summed E-state index contributed by atoms with van der Waals surface area (Å²) >= 11 is 0. The van der Waals surface area contributed by atoms with Gasteiger partial charge < -0.3 is 14.8 Å². The Kier molecular flexibility index (Phi) is 8.24. The molecule has 0 atom stereocenters. The first-order chi connectivity index (χ1) is 15.9. The molecule has 2 aromatic carbocycles. The summed E-state index contributed by atoms with van der Waals surface area (Å²) in [5.74, 6) is -0.742. The Morgan fingerprint density at radius 3 is 2.52 bits per heavy atom. The van der Waals surface area contributed by atoms with Crippen molar-refractivity contribution in [2.75, 3.05) is 32.1 Å². The third-order valence-electron chi connectivity index (χ3n) is 5.23. The summed E-state index contributed by atoms with van der Waals surface area (Å²) in [4.78, 5) is 24.6. The molecule has 176 valence electrons. The maximum Gasteiger partial charge on any atom is 0.340 e. The Balaban J connectivity index is 1.80. The Labute approximate surface area is 194 Å². The molecule has 1 aliphatic rings. The number of para-hydroxylation sites is 1. The van der Waals surface area contributed by atoms with E-state index in [2.05, 4.69) is 5.32 Å². The highest BCUT2D eigenvalue weighted by Gasteiger charge is 2.29. The molecule has 0 spiro atoms. The van der Waals surface area contributed by atoms with Crippen LogP contribution in [0.1, 0.15) is 42.1 Å². The first kappa shape index (κ1) is 24.5. The number of carbonyl (C=O) groups excluding carboxylic acids is 2. The number of nitrogens with one attached hydrogen (secondary N) is 1. The van der Waals surface area contributed by atoms with Gasteiger partial charge in [-0.15, -0.1) is 0 Å². The maximum absolute atomic E-state index is 13.2. The van der Waals surface area contributed by atoms with E-state index in [9.17, 15) is 18.0 Å². The van der Waals surface area contributed by atoms with Crippen LogP contribution in [-0.4, -0.2) is 51.4 Å². The Morgan fingerprint density at radius 1 is 1.09 bits per heavy atom. The fourth-order valence-electron chi connectivity index (χ4n) is 3.57. The zero-order valence-electron chi connectivity index (χ0n) is 18.7. The molecule has 3 rings (SSSR count). The van der Waals surface area contributed by atoms with Crippen molar-refractivity contribution in [3.05, 3.63) is 59.7 Å². The lowest BCUT2D eigenvalue weighted by Crippen LogP contribution is -2.35. The zero-order valence-corrected chi connectivity index (χ0v) is 19.6. The van der Waals surface area contributed by atoms with Gasteiger partial charge in [0.25, 0.3) is 0 Å². The molecule has 1 saturated heterocycles. The predicted molar refractivity (Wildman–Crippen MR) is 126 cm³/mol. The lowest BCUT2D eigenvalue weighted by molar-refractivity contribution is -0.111. The van der Waals surface area contributed by atoms with Crippen LogP contribution in [-0.2, 0) is 19.6 Å². The minimum absolute atomic E-state index is 0.0714. The highest BCUT2D eigenvalue weighted by atomic mass is 32.2. The lowest BCUT2D eigenvalue weighted by Gasteiger charge is -2.26. The third kappa shape index (κ3) is 6.00. The van der Waals surface area contributed by atoms with Gasteiger partial charge in [-0.25, -0.2) is 13.2 Å². The molecule has 0 bridgehead atoms. The number of benzene rings is 2. The molecule has 0 radical (unpaired) electrons. The number of methoxy groups -OCH3 is 1. The Morgan fingerprint density at radius 2 is 1.82 bits per heavy atom. The van der Waals surface area contributed by atoms with E-state index in [1.54, 1.807) is 43.3 Å². The van der Waals surface area contributed by atoms with Crippen molar-refractivity contribution in [2.45, 2.75) is 31.1 Å². The summed E-state index contributed by atoms with van der Waals surface area (Å²) in [5.41, 5.74) is 1.11. The minimum Gasteiger partial charge on any atom is -0.495 e. The highest BCUT2D eigenvalue weighted by molar-refractivity contribution is 7.89. The van der Waals surface area contributed by atoms with Crippen LogP contribution >= 0.6 is 0 Å². The number of esters is 1. The fourth-order valence-corrected chi connectivity index (χ4v) is 5.28. The van der Waals surface area contributed by atoms with E-state index in [1.807, 2.05) is 0 Å². The van der Waals surface area contributed by atoms with Gasteiger partial charge in [0.2, 0.25) is 15.9 Å². The smallest absolute Gasteiger partial charge is 0.340 e. The molecule has 2 aromatic rings. The molecule has 0 aliphatic carbocycles. The molecule has 0 saturated carbocycles. The number of carbonyl (C=O) groups is 2. The minimum atomic E-state index is -3.71. The van der Waals surface area contributed by atoms with E-state index in [1.165, 1.54) is 29.6 Å². The van der Waals surface area contributed by atoms with Crippen LogP contribution in [0.3, 0.4) is 0 Å². The molecule has 1 aliphatic heterocycles. The summed E-state index contributed by atoms with van der Waals surface area (Å²) in [6.07, 6.45) is 5.46. The maximum atomic E-state index is 13.2. The number of rotatable bonds is 8. The topological polar surface area (TPSA) is 102 Å². The Hall–Kier alpha value is -3.17. The second kappa shape index (κ2) is 11.1. The molecule has 0 unspecified atom stereocenters. The number of anilines is 1. The van der Waals surface area contributed by atoms with Gasteiger partial charge in [-0.1, -0.05) is 24.6 Å². The number of sulfonamides is 1. The van der Waals surface area contributed by atoms with E-state index < -0.39 is 21.9 Å². The molecule has 1 heterocycles. The van der Waals surface area contributed by atoms with Crippen molar-refractivity contribution < 1.29 is 27.5 Å².